The molecule has 1 rings (SSSR count). The molecular formula is C9H11BrClNO2S. The lowest BCUT2D eigenvalue weighted by molar-refractivity contribution is 0.600. The van der Waals surface area contributed by atoms with Crippen LogP contribution in [0.15, 0.2) is 22.7 Å². The zero-order valence-corrected chi connectivity index (χ0v) is 11.3. The van der Waals surface area contributed by atoms with Crippen LogP contribution in [0.1, 0.15) is 13.3 Å². The van der Waals surface area contributed by atoms with Crippen LogP contribution in [0.3, 0.4) is 0 Å². The largest absolute Gasteiger partial charge is 0.282 e. The maximum Gasteiger partial charge on any atom is 0.232 e. The fourth-order valence-electron chi connectivity index (χ4n) is 1.06. The van der Waals surface area contributed by atoms with E-state index in [4.69, 9.17) is 11.6 Å². The van der Waals surface area contributed by atoms with E-state index in [1.54, 1.807) is 18.2 Å². The van der Waals surface area contributed by atoms with Crippen molar-refractivity contribution in [3.05, 3.63) is 27.7 Å². The van der Waals surface area contributed by atoms with Gasteiger partial charge in [0, 0.05) is 4.47 Å². The first-order chi connectivity index (χ1) is 6.94. The molecular weight excluding hydrogens is 302 g/mol. The van der Waals surface area contributed by atoms with E-state index in [1.165, 1.54) is 0 Å². The highest BCUT2D eigenvalue weighted by atomic mass is 79.9. The van der Waals surface area contributed by atoms with Crippen molar-refractivity contribution in [2.24, 2.45) is 0 Å². The van der Waals surface area contributed by atoms with Crippen molar-refractivity contribution in [3.8, 4) is 0 Å². The second kappa shape index (κ2) is 5.18. The summed E-state index contributed by atoms with van der Waals surface area (Å²) in [6, 6.07) is 5.02. The zero-order valence-electron chi connectivity index (χ0n) is 8.13. The summed E-state index contributed by atoms with van der Waals surface area (Å²) in [5.41, 5.74) is 0.402. The summed E-state index contributed by atoms with van der Waals surface area (Å²) in [5.74, 6) is 0.0931. The molecule has 15 heavy (non-hydrogen) atoms. The number of benzene rings is 1. The maximum atomic E-state index is 11.5. The molecule has 0 aliphatic rings. The Morgan fingerprint density at radius 3 is 2.73 bits per heavy atom. The Morgan fingerprint density at radius 2 is 2.13 bits per heavy atom. The Labute approximate surface area is 103 Å². The van der Waals surface area contributed by atoms with Gasteiger partial charge >= 0.3 is 0 Å². The lowest BCUT2D eigenvalue weighted by Crippen LogP contribution is -2.16. The normalized spacial score (nSPS) is 11.4. The number of sulfonamides is 1. The van der Waals surface area contributed by atoms with Crippen LogP contribution in [0.5, 0.6) is 0 Å². The minimum Gasteiger partial charge on any atom is -0.282 e. The standard InChI is InChI=1S/C9H11BrClNO2S/c1-2-5-15(13,14)12-9-6-7(10)3-4-8(9)11/h3-4,6,12H,2,5H2,1H3. The lowest BCUT2D eigenvalue weighted by atomic mass is 10.3. The van der Waals surface area contributed by atoms with Gasteiger partial charge in [-0.05, 0) is 24.6 Å². The molecule has 1 aromatic carbocycles. The molecule has 0 heterocycles. The molecule has 0 saturated carbocycles. The Kier molecular flexibility index (Phi) is 4.43. The van der Waals surface area contributed by atoms with Crippen molar-refractivity contribution in [1.29, 1.82) is 0 Å². The van der Waals surface area contributed by atoms with Gasteiger partial charge in [-0.1, -0.05) is 34.5 Å². The van der Waals surface area contributed by atoms with Crippen LogP contribution in [0.2, 0.25) is 5.02 Å². The van der Waals surface area contributed by atoms with E-state index in [9.17, 15) is 8.42 Å². The summed E-state index contributed by atoms with van der Waals surface area (Å²) in [7, 11) is -3.28. The summed E-state index contributed by atoms with van der Waals surface area (Å²) in [4.78, 5) is 0. The van der Waals surface area contributed by atoms with Crippen molar-refractivity contribution in [1.82, 2.24) is 0 Å². The third kappa shape index (κ3) is 4.01. The highest BCUT2D eigenvalue weighted by molar-refractivity contribution is 9.10. The van der Waals surface area contributed by atoms with E-state index in [2.05, 4.69) is 20.7 Å². The molecule has 6 heteroatoms. The summed E-state index contributed by atoms with van der Waals surface area (Å²) < 4.78 is 26.2. The molecule has 1 N–H and O–H groups in total. The molecule has 0 aliphatic carbocycles. The number of nitrogens with one attached hydrogen (secondary N) is 1. The van der Waals surface area contributed by atoms with Gasteiger partial charge in [-0.25, -0.2) is 8.42 Å². The molecule has 0 aromatic heterocycles. The fourth-order valence-corrected chi connectivity index (χ4v) is 2.79. The Balaban J connectivity index is 2.94. The van der Waals surface area contributed by atoms with Crippen molar-refractivity contribution < 1.29 is 8.42 Å². The summed E-state index contributed by atoms with van der Waals surface area (Å²) >= 11 is 9.10. The molecule has 0 fully saturated rings. The predicted molar refractivity (Wildman–Crippen MR) is 66.9 cm³/mol. The van der Waals surface area contributed by atoms with Crippen molar-refractivity contribution in [2.75, 3.05) is 10.5 Å². The molecule has 1 aromatic rings. The molecule has 0 unspecified atom stereocenters. The summed E-state index contributed by atoms with van der Waals surface area (Å²) in [6.45, 7) is 1.81. The average molecular weight is 313 g/mol. The Hall–Kier alpha value is -0.260. The van der Waals surface area contributed by atoms with Gasteiger partial charge in [0.2, 0.25) is 10.0 Å². The number of halogens is 2. The number of hydrogen-bond acceptors (Lipinski definition) is 2. The van der Waals surface area contributed by atoms with Crippen LogP contribution in [0.4, 0.5) is 5.69 Å². The van der Waals surface area contributed by atoms with Crippen molar-refractivity contribution >= 4 is 43.2 Å². The van der Waals surface area contributed by atoms with Crippen molar-refractivity contribution in [2.45, 2.75) is 13.3 Å². The molecule has 0 bridgehead atoms. The van der Waals surface area contributed by atoms with Gasteiger partial charge in [0.15, 0.2) is 0 Å². The van der Waals surface area contributed by atoms with Crippen LogP contribution >= 0.6 is 27.5 Å². The molecule has 0 aliphatic heterocycles. The lowest BCUT2D eigenvalue weighted by Gasteiger charge is -2.08. The predicted octanol–water partition coefficient (Wildman–Crippen LogP) is 3.25. The third-order valence-electron chi connectivity index (χ3n) is 1.67. The fraction of sp³-hybridized carbons (Fsp3) is 0.333. The minimum atomic E-state index is -3.28. The minimum absolute atomic E-state index is 0.0931. The SMILES string of the molecule is CCCS(=O)(=O)Nc1cc(Br)ccc1Cl. The Morgan fingerprint density at radius 1 is 1.47 bits per heavy atom. The van der Waals surface area contributed by atoms with Gasteiger partial charge < -0.3 is 0 Å². The van der Waals surface area contributed by atoms with Gasteiger partial charge in [-0.3, -0.25) is 4.72 Å². The first-order valence-electron chi connectivity index (χ1n) is 4.40. The molecule has 0 radical (unpaired) electrons. The number of anilines is 1. The first kappa shape index (κ1) is 12.8. The van der Waals surface area contributed by atoms with Crippen LogP contribution in [-0.4, -0.2) is 14.2 Å². The smallest absolute Gasteiger partial charge is 0.232 e. The molecule has 0 spiro atoms. The molecule has 0 atom stereocenters. The van der Waals surface area contributed by atoms with E-state index >= 15 is 0 Å². The average Bonchev–Trinajstić information content (AvgIpc) is 2.10. The first-order valence-corrected chi connectivity index (χ1v) is 7.22. The van der Waals surface area contributed by atoms with Crippen molar-refractivity contribution in [3.63, 3.8) is 0 Å². The Bertz CT molecular complexity index is 447. The topological polar surface area (TPSA) is 46.2 Å². The van der Waals surface area contributed by atoms with E-state index in [0.29, 0.717) is 17.1 Å². The van der Waals surface area contributed by atoms with Gasteiger partial charge in [0.25, 0.3) is 0 Å². The zero-order chi connectivity index (χ0) is 11.5. The van der Waals surface area contributed by atoms with E-state index in [-0.39, 0.29) is 5.75 Å². The van der Waals surface area contributed by atoms with Crippen LogP contribution in [0, 0.1) is 0 Å². The molecule has 0 amide bonds. The monoisotopic (exact) mass is 311 g/mol. The van der Waals surface area contributed by atoms with Gasteiger partial charge in [-0.15, -0.1) is 0 Å². The van der Waals surface area contributed by atoms with Crippen LogP contribution < -0.4 is 4.72 Å². The van der Waals surface area contributed by atoms with Crippen LogP contribution in [0.25, 0.3) is 0 Å². The quantitative estimate of drug-likeness (QED) is 0.927. The van der Waals surface area contributed by atoms with Gasteiger partial charge in [0.1, 0.15) is 0 Å². The molecule has 0 saturated heterocycles. The third-order valence-corrected chi connectivity index (χ3v) is 3.97. The van der Waals surface area contributed by atoms with Gasteiger partial charge in [0.05, 0.1) is 16.5 Å². The van der Waals surface area contributed by atoms with Crippen LogP contribution in [-0.2, 0) is 10.0 Å². The van der Waals surface area contributed by atoms with E-state index < -0.39 is 10.0 Å². The highest BCUT2D eigenvalue weighted by Crippen LogP contribution is 2.26. The van der Waals surface area contributed by atoms with Gasteiger partial charge in [-0.2, -0.15) is 0 Å². The summed E-state index contributed by atoms with van der Waals surface area (Å²) in [5, 5.41) is 0.387. The van der Waals surface area contributed by atoms with E-state index in [1.807, 2.05) is 6.92 Å². The summed E-state index contributed by atoms with van der Waals surface area (Å²) in [6.07, 6.45) is 0.570. The number of hydrogen-bond donors (Lipinski definition) is 1. The highest BCUT2D eigenvalue weighted by Gasteiger charge is 2.11. The number of rotatable bonds is 4. The second-order valence-corrected chi connectivity index (χ2v) is 6.21. The maximum absolute atomic E-state index is 11.5. The van der Waals surface area contributed by atoms with E-state index in [0.717, 1.165) is 4.47 Å². The molecule has 3 nitrogen and oxygen atoms in total. The molecule has 84 valence electrons. The second-order valence-electron chi connectivity index (χ2n) is 3.05.